The van der Waals surface area contributed by atoms with E-state index in [1.54, 1.807) is 0 Å². The van der Waals surface area contributed by atoms with Crippen molar-refractivity contribution in [2.45, 2.75) is 31.7 Å². The zero-order chi connectivity index (χ0) is 11.5. The Hall–Kier alpha value is -1.64. The molecule has 2 atom stereocenters. The molecular formula is C13H15NO2. The molecule has 3 heteroatoms. The van der Waals surface area contributed by atoms with Crippen molar-refractivity contribution in [2.75, 3.05) is 0 Å². The van der Waals surface area contributed by atoms with Gasteiger partial charge in [-0.3, -0.25) is 10.1 Å². The lowest BCUT2D eigenvalue weighted by Crippen LogP contribution is -2.28. The van der Waals surface area contributed by atoms with Crippen LogP contribution < -0.4 is 0 Å². The molecule has 0 radical (unpaired) electrons. The van der Waals surface area contributed by atoms with Crippen LogP contribution >= 0.6 is 0 Å². The van der Waals surface area contributed by atoms with E-state index in [0.29, 0.717) is 6.42 Å². The molecule has 0 amide bonds. The van der Waals surface area contributed by atoms with Crippen molar-refractivity contribution >= 4 is 0 Å². The molecule has 0 spiro atoms. The number of allylic oxidation sites excluding steroid dienone is 1. The lowest BCUT2D eigenvalue weighted by atomic mass is 9.83. The van der Waals surface area contributed by atoms with Crippen LogP contribution in [0.4, 0.5) is 0 Å². The molecule has 16 heavy (non-hydrogen) atoms. The molecule has 1 aromatic rings. The minimum atomic E-state index is -0.465. The second kappa shape index (κ2) is 4.47. The molecule has 0 unspecified atom stereocenters. The number of benzene rings is 1. The SMILES string of the molecule is Cc1ccc([C@H]2CC=CC[C@H]2[N+](=O)[O-])cc1. The standard InChI is InChI=1S/C13H15NO2/c1-10-6-8-11(9-7-10)12-4-2-3-5-13(12)14(15)16/h2-3,6-9,12-13H,4-5H2,1H3/t12-,13-/m1/s1. The van der Waals surface area contributed by atoms with Crippen molar-refractivity contribution in [1.82, 2.24) is 0 Å². The predicted octanol–water partition coefficient (Wildman–Crippen LogP) is 3.07. The second-order valence-electron chi connectivity index (χ2n) is 4.31. The molecule has 0 saturated heterocycles. The van der Waals surface area contributed by atoms with Crippen LogP contribution in [-0.4, -0.2) is 11.0 Å². The van der Waals surface area contributed by atoms with Gasteiger partial charge in [0.1, 0.15) is 0 Å². The van der Waals surface area contributed by atoms with Crippen LogP contribution in [0.2, 0.25) is 0 Å². The van der Waals surface area contributed by atoms with Gasteiger partial charge in [0.15, 0.2) is 0 Å². The molecule has 0 bridgehead atoms. The van der Waals surface area contributed by atoms with Gasteiger partial charge in [0.2, 0.25) is 6.04 Å². The first-order chi connectivity index (χ1) is 7.68. The Morgan fingerprint density at radius 3 is 2.44 bits per heavy atom. The molecule has 0 saturated carbocycles. The van der Waals surface area contributed by atoms with Crippen molar-refractivity contribution in [3.63, 3.8) is 0 Å². The van der Waals surface area contributed by atoms with Crippen LogP contribution in [0.25, 0.3) is 0 Å². The van der Waals surface area contributed by atoms with Crippen molar-refractivity contribution in [3.05, 3.63) is 57.7 Å². The Morgan fingerprint density at radius 1 is 1.19 bits per heavy atom. The van der Waals surface area contributed by atoms with E-state index in [9.17, 15) is 10.1 Å². The minimum Gasteiger partial charge on any atom is -0.264 e. The van der Waals surface area contributed by atoms with Gasteiger partial charge in [0.05, 0.1) is 5.92 Å². The molecule has 0 aromatic heterocycles. The van der Waals surface area contributed by atoms with Crippen molar-refractivity contribution in [1.29, 1.82) is 0 Å². The van der Waals surface area contributed by atoms with Crippen LogP contribution in [0.5, 0.6) is 0 Å². The maximum absolute atomic E-state index is 11.0. The van der Waals surface area contributed by atoms with Crippen molar-refractivity contribution < 1.29 is 4.92 Å². The third-order valence-corrected chi connectivity index (χ3v) is 3.18. The summed E-state index contributed by atoms with van der Waals surface area (Å²) in [5.74, 6) is 0.0283. The first kappa shape index (κ1) is 10.9. The Morgan fingerprint density at radius 2 is 1.81 bits per heavy atom. The van der Waals surface area contributed by atoms with Gasteiger partial charge >= 0.3 is 0 Å². The summed E-state index contributed by atoms with van der Waals surface area (Å²) in [7, 11) is 0. The number of aryl methyl sites for hydroxylation is 1. The van der Waals surface area contributed by atoms with Crippen molar-refractivity contribution in [2.24, 2.45) is 0 Å². The highest BCUT2D eigenvalue weighted by Crippen LogP contribution is 2.31. The topological polar surface area (TPSA) is 43.1 Å². The third-order valence-electron chi connectivity index (χ3n) is 3.18. The molecule has 0 heterocycles. The quantitative estimate of drug-likeness (QED) is 0.434. The van der Waals surface area contributed by atoms with Gasteiger partial charge in [-0.25, -0.2) is 0 Å². The maximum atomic E-state index is 11.0. The fourth-order valence-electron chi connectivity index (χ4n) is 2.20. The van der Waals surface area contributed by atoms with Gasteiger partial charge in [-0.2, -0.15) is 0 Å². The van der Waals surface area contributed by atoms with Crippen LogP contribution in [-0.2, 0) is 0 Å². The van der Waals surface area contributed by atoms with Gasteiger partial charge in [-0.1, -0.05) is 42.0 Å². The van der Waals surface area contributed by atoms with E-state index in [-0.39, 0.29) is 10.8 Å². The predicted molar refractivity (Wildman–Crippen MR) is 63.1 cm³/mol. The smallest absolute Gasteiger partial charge is 0.223 e. The third kappa shape index (κ3) is 2.13. The molecule has 84 valence electrons. The maximum Gasteiger partial charge on any atom is 0.223 e. The fraction of sp³-hybridized carbons (Fsp3) is 0.385. The molecule has 0 fully saturated rings. The summed E-state index contributed by atoms with van der Waals surface area (Å²) in [5.41, 5.74) is 2.27. The highest BCUT2D eigenvalue weighted by Gasteiger charge is 2.32. The lowest BCUT2D eigenvalue weighted by Gasteiger charge is -2.22. The molecule has 1 aromatic carbocycles. The van der Waals surface area contributed by atoms with Crippen LogP contribution in [0.15, 0.2) is 36.4 Å². The van der Waals surface area contributed by atoms with E-state index in [4.69, 9.17) is 0 Å². The highest BCUT2D eigenvalue weighted by molar-refractivity contribution is 5.27. The zero-order valence-electron chi connectivity index (χ0n) is 9.30. The van der Waals surface area contributed by atoms with E-state index < -0.39 is 6.04 Å². The molecule has 0 aliphatic heterocycles. The number of nitro groups is 1. The number of nitrogens with zero attached hydrogens (tertiary/aromatic N) is 1. The summed E-state index contributed by atoms with van der Waals surface area (Å²) < 4.78 is 0. The first-order valence-corrected chi connectivity index (χ1v) is 5.53. The Bertz CT molecular complexity index is 408. The van der Waals surface area contributed by atoms with E-state index in [2.05, 4.69) is 0 Å². The summed E-state index contributed by atoms with van der Waals surface area (Å²) in [6.45, 7) is 2.02. The average Bonchev–Trinajstić information content (AvgIpc) is 2.30. The van der Waals surface area contributed by atoms with Crippen LogP contribution in [0.1, 0.15) is 29.9 Å². The highest BCUT2D eigenvalue weighted by atomic mass is 16.6. The zero-order valence-corrected chi connectivity index (χ0v) is 9.30. The Kier molecular flexibility index (Phi) is 3.04. The van der Waals surface area contributed by atoms with Gasteiger partial charge in [0, 0.05) is 11.3 Å². The number of hydrogen-bond donors (Lipinski definition) is 0. The van der Waals surface area contributed by atoms with Crippen LogP contribution in [0, 0.1) is 17.0 Å². The number of rotatable bonds is 2. The molecule has 0 N–H and O–H groups in total. The van der Waals surface area contributed by atoms with E-state index in [0.717, 1.165) is 12.0 Å². The van der Waals surface area contributed by atoms with E-state index in [1.165, 1.54) is 5.56 Å². The second-order valence-corrected chi connectivity index (χ2v) is 4.31. The Balaban J connectivity index is 2.27. The summed E-state index contributed by atoms with van der Waals surface area (Å²) in [6.07, 6.45) is 5.28. The average molecular weight is 217 g/mol. The van der Waals surface area contributed by atoms with E-state index >= 15 is 0 Å². The molecule has 1 aliphatic rings. The van der Waals surface area contributed by atoms with Gasteiger partial charge in [-0.05, 0) is 18.9 Å². The summed E-state index contributed by atoms with van der Waals surface area (Å²) >= 11 is 0. The summed E-state index contributed by atoms with van der Waals surface area (Å²) in [4.78, 5) is 10.8. The number of hydrogen-bond acceptors (Lipinski definition) is 2. The van der Waals surface area contributed by atoms with Crippen molar-refractivity contribution in [3.8, 4) is 0 Å². The largest absolute Gasteiger partial charge is 0.264 e. The van der Waals surface area contributed by atoms with Gasteiger partial charge in [0.25, 0.3) is 0 Å². The Labute approximate surface area is 94.9 Å². The monoisotopic (exact) mass is 217 g/mol. The van der Waals surface area contributed by atoms with Gasteiger partial charge < -0.3 is 0 Å². The lowest BCUT2D eigenvalue weighted by molar-refractivity contribution is -0.526. The van der Waals surface area contributed by atoms with Crippen LogP contribution in [0.3, 0.4) is 0 Å². The molecule has 3 nitrogen and oxygen atoms in total. The normalized spacial score (nSPS) is 24.3. The van der Waals surface area contributed by atoms with Gasteiger partial charge in [-0.15, -0.1) is 0 Å². The first-order valence-electron chi connectivity index (χ1n) is 5.53. The molecular weight excluding hydrogens is 202 g/mol. The molecule has 1 aliphatic carbocycles. The molecule has 2 rings (SSSR count). The minimum absolute atomic E-state index is 0.0283. The summed E-state index contributed by atoms with van der Waals surface area (Å²) in [6, 6.07) is 7.59. The summed E-state index contributed by atoms with van der Waals surface area (Å²) in [5, 5.41) is 11.0. The fourth-order valence-corrected chi connectivity index (χ4v) is 2.20. The van der Waals surface area contributed by atoms with E-state index in [1.807, 2.05) is 43.3 Å².